The quantitative estimate of drug-likeness (QED) is 0.689. The normalized spacial score (nSPS) is 18.8. The number of hydrogen-bond acceptors (Lipinski definition) is 9. The fraction of sp³-hybridized carbons (Fsp3) is 0.533. The molecule has 132 valence electrons. The molecule has 1 atom stereocenters. The van der Waals surface area contributed by atoms with Gasteiger partial charge in [-0.3, -0.25) is 0 Å². The van der Waals surface area contributed by atoms with Crippen molar-refractivity contribution >= 4 is 22.8 Å². The molecule has 10 heteroatoms. The number of nitrogens with zero attached hydrogens (tertiary/aromatic N) is 7. The molecule has 3 aromatic heterocycles. The smallest absolute Gasteiger partial charge is 0.200 e. The van der Waals surface area contributed by atoms with Gasteiger partial charge in [0, 0.05) is 19.0 Å². The van der Waals surface area contributed by atoms with E-state index < -0.39 is 5.60 Å². The predicted molar refractivity (Wildman–Crippen MR) is 91.6 cm³/mol. The number of tetrazole rings is 1. The van der Waals surface area contributed by atoms with Crippen LogP contribution in [0.25, 0.3) is 5.65 Å². The maximum absolute atomic E-state index is 5.94. The Hall–Kier alpha value is -2.17. The van der Waals surface area contributed by atoms with Crippen LogP contribution in [-0.2, 0) is 15.1 Å². The lowest BCUT2D eigenvalue weighted by Gasteiger charge is -2.32. The highest BCUT2D eigenvalue weighted by Crippen LogP contribution is 2.31. The van der Waals surface area contributed by atoms with Crippen molar-refractivity contribution in [3.63, 3.8) is 0 Å². The molecule has 0 saturated carbocycles. The van der Waals surface area contributed by atoms with Gasteiger partial charge in [0.1, 0.15) is 16.7 Å². The number of anilines is 1. The van der Waals surface area contributed by atoms with Gasteiger partial charge in [0.25, 0.3) is 0 Å². The summed E-state index contributed by atoms with van der Waals surface area (Å²) in [4.78, 5) is 6.89. The predicted octanol–water partition coefficient (Wildman–Crippen LogP) is 1.44. The minimum Gasteiger partial charge on any atom is -0.372 e. The first-order chi connectivity index (χ1) is 12.1. The third kappa shape index (κ3) is 3.08. The lowest BCUT2D eigenvalue weighted by molar-refractivity contribution is 0.0142. The highest BCUT2D eigenvalue weighted by atomic mass is 32.1. The number of ether oxygens (including phenoxy) is 2. The number of fused-ring (bicyclic) bond motifs is 1. The molecule has 3 aromatic rings. The first-order valence-electron chi connectivity index (χ1n) is 8.00. The molecule has 9 nitrogen and oxygen atoms in total. The van der Waals surface area contributed by atoms with Gasteiger partial charge in [-0.05, 0) is 36.4 Å². The van der Waals surface area contributed by atoms with Crippen LogP contribution < -0.4 is 4.90 Å². The Morgan fingerprint density at radius 3 is 3.08 bits per heavy atom. The molecule has 0 aromatic carbocycles. The zero-order chi connectivity index (χ0) is 17.4. The van der Waals surface area contributed by atoms with Gasteiger partial charge in [0.05, 0.1) is 18.8 Å². The van der Waals surface area contributed by atoms with Gasteiger partial charge in [-0.25, -0.2) is 4.98 Å². The zero-order valence-electron chi connectivity index (χ0n) is 14.3. The van der Waals surface area contributed by atoms with Crippen LogP contribution in [0.2, 0.25) is 0 Å². The van der Waals surface area contributed by atoms with Crippen LogP contribution in [0.3, 0.4) is 0 Å². The molecular weight excluding hydrogens is 342 g/mol. The summed E-state index contributed by atoms with van der Waals surface area (Å²) in [7, 11) is 1.69. The number of thiazole rings is 1. The molecule has 0 spiro atoms. The Bertz CT molecular complexity index is 878. The van der Waals surface area contributed by atoms with Crippen LogP contribution in [0.4, 0.5) is 5.82 Å². The molecular formula is C15H19N7O2S. The van der Waals surface area contributed by atoms with Crippen LogP contribution in [0.5, 0.6) is 0 Å². The number of aromatic nitrogens is 6. The van der Waals surface area contributed by atoms with E-state index >= 15 is 0 Å². The third-order valence-corrected chi connectivity index (χ3v) is 5.31. The molecule has 1 fully saturated rings. The second-order valence-electron chi connectivity index (χ2n) is 6.31. The minimum atomic E-state index is -0.407. The molecule has 0 bridgehead atoms. The lowest BCUT2D eigenvalue weighted by atomic mass is 10.1. The molecule has 0 N–H and O–H groups in total. The minimum absolute atomic E-state index is 0.0912. The molecule has 0 amide bonds. The summed E-state index contributed by atoms with van der Waals surface area (Å²) in [5.74, 6) is 0.821. The van der Waals surface area contributed by atoms with E-state index in [9.17, 15) is 0 Å². The van der Waals surface area contributed by atoms with Crippen molar-refractivity contribution < 1.29 is 9.47 Å². The fourth-order valence-electron chi connectivity index (χ4n) is 2.63. The van der Waals surface area contributed by atoms with Crippen molar-refractivity contribution in [2.45, 2.75) is 25.6 Å². The third-order valence-electron chi connectivity index (χ3n) is 4.37. The van der Waals surface area contributed by atoms with Gasteiger partial charge in [0.2, 0.25) is 0 Å². The summed E-state index contributed by atoms with van der Waals surface area (Å²) >= 11 is 1.60. The van der Waals surface area contributed by atoms with Gasteiger partial charge < -0.3 is 14.4 Å². The Kier molecular flexibility index (Phi) is 4.10. The average molecular weight is 361 g/mol. The Balaban J connectivity index is 1.54. The summed E-state index contributed by atoms with van der Waals surface area (Å²) in [6.07, 6.45) is -0.0912. The van der Waals surface area contributed by atoms with Gasteiger partial charge in [-0.1, -0.05) is 0 Å². The van der Waals surface area contributed by atoms with E-state index in [4.69, 9.17) is 14.5 Å². The SMILES string of the molecule is COC(C)(C)c1csc(C2CN(c3ccc4nnnn4n3)CCO2)n1. The molecule has 4 heterocycles. The monoisotopic (exact) mass is 361 g/mol. The Labute approximate surface area is 148 Å². The Morgan fingerprint density at radius 1 is 1.36 bits per heavy atom. The van der Waals surface area contributed by atoms with Crippen molar-refractivity contribution in [2.24, 2.45) is 0 Å². The second-order valence-corrected chi connectivity index (χ2v) is 7.20. The second kappa shape index (κ2) is 6.28. The molecule has 4 rings (SSSR count). The molecule has 1 aliphatic heterocycles. The van der Waals surface area contributed by atoms with Crippen molar-refractivity contribution in [3.05, 3.63) is 28.2 Å². The van der Waals surface area contributed by atoms with E-state index in [0.717, 1.165) is 23.1 Å². The zero-order valence-corrected chi connectivity index (χ0v) is 15.1. The van der Waals surface area contributed by atoms with Crippen LogP contribution in [0.15, 0.2) is 17.5 Å². The van der Waals surface area contributed by atoms with Crippen molar-refractivity contribution in [1.82, 2.24) is 30.2 Å². The highest BCUT2D eigenvalue weighted by molar-refractivity contribution is 7.09. The van der Waals surface area contributed by atoms with Crippen molar-refractivity contribution in [2.75, 3.05) is 31.7 Å². The standard InChI is InChI=1S/C15H19N7O2S/c1-15(2,23-3)11-9-25-14(16-11)10-8-21(6-7-24-10)13-5-4-12-17-19-20-22(12)18-13/h4-5,9-10H,6-8H2,1-3H3. The van der Waals surface area contributed by atoms with Crippen LogP contribution >= 0.6 is 11.3 Å². The lowest BCUT2D eigenvalue weighted by Crippen LogP contribution is -2.39. The first-order valence-corrected chi connectivity index (χ1v) is 8.88. The van der Waals surface area contributed by atoms with E-state index in [0.29, 0.717) is 18.8 Å². The van der Waals surface area contributed by atoms with E-state index in [1.54, 1.807) is 18.4 Å². The highest BCUT2D eigenvalue weighted by Gasteiger charge is 2.29. The van der Waals surface area contributed by atoms with Gasteiger partial charge in [-0.15, -0.1) is 26.2 Å². The molecule has 25 heavy (non-hydrogen) atoms. The summed E-state index contributed by atoms with van der Waals surface area (Å²) < 4.78 is 12.9. The maximum Gasteiger partial charge on any atom is 0.200 e. The number of hydrogen-bond donors (Lipinski definition) is 0. The maximum atomic E-state index is 5.94. The Morgan fingerprint density at radius 2 is 2.24 bits per heavy atom. The summed E-state index contributed by atoms with van der Waals surface area (Å²) in [5.41, 5.74) is 1.14. The van der Waals surface area contributed by atoms with Crippen LogP contribution in [-0.4, -0.2) is 57.0 Å². The van der Waals surface area contributed by atoms with Gasteiger partial charge >= 0.3 is 0 Å². The van der Waals surface area contributed by atoms with E-state index in [-0.39, 0.29) is 6.10 Å². The molecule has 0 aliphatic carbocycles. The molecule has 1 saturated heterocycles. The van der Waals surface area contributed by atoms with Gasteiger partial charge in [0.15, 0.2) is 11.5 Å². The van der Waals surface area contributed by atoms with Crippen molar-refractivity contribution in [3.8, 4) is 0 Å². The molecule has 1 aliphatic rings. The van der Waals surface area contributed by atoms with E-state index in [1.807, 2.05) is 31.4 Å². The van der Waals surface area contributed by atoms with Gasteiger partial charge in [-0.2, -0.15) is 0 Å². The summed E-state index contributed by atoms with van der Waals surface area (Å²) in [5, 5.41) is 18.8. The van der Waals surface area contributed by atoms with Crippen LogP contribution in [0, 0.1) is 0 Å². The average Bonchev–Trinajstić information content (AvgIpc) is 3.31. The summed E-state index contributed by atoms with van der Waals surface area (Å²) in [6, 6.07) is 3.78. The van der Waals surface area contributed by atoms with Crippen LogP contribution in [0.1, 0.15) is 30.7 Å². The summed E-state index contributed by atoms with van der Waals surface area (Å²) in [6.45, 7) is 6.07. The largest absolute Gasteiger partial charge is 0.372 e. The fourth-order valence-corrected chi connectivity index (χ4v) is 3.65. The first kappa shape index (κ1) is 16.3. The van der Waals surface area contributed by atoms with E-state index in [2.05, 4.69) is 25.5 Å². The number of methoxy groups -OCH3 is 1. The molecule has 0 radical (unpaired) electrons. The topological polar surface area (TPSA) is 90.6 Å². The van der Waals surface area contributed by atoms with Crippen molar-refractivity contribution in [1.29, 1.82) is 0 Å². The number of rotatable bonds is 4. The number of morpholine rings is 1. The molecule has 1 unspecified atom stereocenters. The van der Waals surface area contributed by atoms with E-state index in [1.165, 1.54) is 4.63 Å².